The summed E-state index contributed by atoms with van der Waals surface area (Å²) < 4.78 is 0. The summed E-state index contributed by atoms with van der Waals surface area (Å²) in [7, 11) is 0. The van der Waals surface area contributed by atoms with Gasteiger partial charge in [0.1, 0.15) is 5.01 Å². The normalized spacial score (nSPS) is 10.0. The monoisotopic (exact) mass is 335 g/mol. The van der Waals surface area contributed by atoms with Crippen LogP contribution < -0.4 is 56.5 Å². The average molecular weight is 335 g/mol. The molecule has 3 aromatic rings. The van der Waals surface area contributed by atoms with E-state index in [-0.39, 0.29) is 56.9 Å². The van der Waals surface area contributed by atoms with Crippen LogP contribution in [0.2, 0.25) is 0 Å². The van der Waals surface area contributed by atoms with Crippen LogP contribution in [-0.2, 0) is 0 Å². The molecule has 0 radical (unpaired) electrons. The van der Waals surface area contributed by atoms with E-state index in [1.54, 1.807) is 24.0 Å². The van der Waals surface area contributed by atoms with E-state index in [9.17, 15) is 9.90 Å². The zero-order chi connectivity index (χ0) is 14.8. The number of aryl methyl sites for hydroxylation is 1. The molecule has 0 atom stereocenters. The molecule has 22 heavy (non-hydrogen) atoms. The van der Waals surface area contributed by atoms with Crippen LogP contribution in [0.1, 0.15) is 15.9 Å². The van der Waals surface area contributed by atoms with Crippen molar-refractivity contribution in [2.75, 3.05) is 0 Å². The van der Waals surface area contributed by atoms with Crippen molar-refractivity contribution < 1.29 is 61.3 Å². The third-order valence-electron chi connectivity index (χ3n) is 2.96. The van der Waals surface area contributed by atoms with Crippen LogP contribution in [0.25, 0.3) is 21.8 Å². The zero-order valence-corrected chi connectivity index (χ0v) is 16.0. The molecule has 0 saturated carbocycles. The van der Waals surface area contributed by atoms with Crippen LogP contribution in [0.3, 0.4) is 0 Å². The molecular formula is C15H10KN3O2S. The second kappa shape index (κ2) is 7.54. The Labute approximate surface area is 173 Å². The van der Waals surface area contributed by atoms with Crippen molar-refractivity contribution in [3.63, 3.8) is 0 Å². The molecule has 0 aliphatic heterocycles. The Morgan fingerprint density at radius 2 is 2.00 bits per heavy atom. The van der Waals surface area contributed by atoms with E-state index < -0.39 is 5.97 Å². The van der Waals surface area contributed by atoms with E-state index in [4.69, 9.17) is 0 Å². The predicted octanol–water partition coefficient (Wildman–Crippen LogP) is -1.06. The number of hydrogen-bond donors (Lipinski definition) is 0. The first-order valence-electron chi connectivity index (χ1n) is 6.18. The van der Waals surface area contributed by atoms with Crippen molar-refractivity contribution in [1.82, 2.24) is 15.0 Å². The second-order valence-corrected chi connectivity index (χ2v) is 5.39. The van der Waals surface area contributed by atoms with Gasteiger partial charge in [-0.05, 0) is 24.6 Å². The fourth-order valence-corrected chi connectivity index (χ4v) is 2.67. The molecule has 5 nitrogen and oxygen atoms in total. The van der Waals surface area contributed by atoms with Crippen molar-refractivity contribution in [3.05, 3.63) is 53.4 Å². The van der Waals surface area contributed by atoms with Crippen molar-refractivity contribution in [2.45, 2.75) is 6.92 Å². The van der Waals surface area contributed by atoms with Gasteiger partial charge in [0.05, 0.1) is 11.7 Å². The van der Waals surface area contributed by atoms with Gasteiger partial charge in [0.2, 0.25) is 0 Å². The molecule has 0 aliphatic rings. The summed E-state index contributed by atoms with van der Waals surface area (Å²) in [5, 5.41) is 13.8. The Hall–Kier alpha value is -0.964. The molecule has 104 valence electrons. The van der Waals surface area contributed by atoms with Gasteiger partial charge in [0.15, 0.2) is 0 Å². The average Bonchev–Trinajstić information content (AvgIpc) is 3.00. The number of aromatic carboxylic acids is 1. The van der Waals surface area contributed by atoms with E-state index in [2.05, 4.69) is 15.0 Å². The zero-order valence-electron chi connectivity index (χ0n) is 12.1. The number of pyridine rings is 2. The molecule has 0 aromatic carbocycles. The first-order valence-corrected chi connectivity index (χ1v) is 7.06. The van der Waals surface area contributed by atoms with Crippen molar-refractivity contribution in [2.24, 2.45) is 0 Å². The van der Waals surface area contributed by atoms with E-state index in [1.165, 1.54) is 23.6 Å². The summed E-state index contributed by atoms with van der Waals surface area (Å²) in [6.45, 7) is 1.92. The summed E-state index contributed by atoms with van der Waals surface area (Å²) in [4.78, 5) is 23.9. The van der Waals surface area contributed by atoms with E-state index in [0.29, 0.717) is 16.3 Å². The van der Waals surface area contributed by atoms with Gasteiger partial charge < -0.3 is 9.90 Å². The maximum absolute atomic E-state index is 11.4. The summed E-state index contributed by atoms with van der Waals surface area (Å²) >= 11 is 1.36. The quantitative estimate of drug-likeness (QED) is 0.570. The number of carboxylic acid groups (broad SMARTS) is 1. The predicted molar refractivity (Wildman–Crippen MR) is 77.6 cm³/mol. The summed E-state index contributed by atoms with van der Waals surface area (Å²) in [6, 6.07) is 3.40. The van der Waals surface area contributed by atoms with Gasteiger partial charge in [0.25, 0.3) is 0 Å². The van der Waals surface area contributed by atoms with Crippen LogP contribution >= 0.6 is 11.3 Å². The molecule has 3 heterocycles. The van der Waals surface area contributed by atoms with Crippen LogP contribution in [0.15, 0.2) is 42.3 Å². The van der Waals surface area contributed by atoms with Crippen LogP contribution in [0.5, 0.6) is 0 Å². The molecule has 0 fully saturated rings. The van der Waals surface area contributed by atoms with Gasteiger partial charge in [-0.2, -0.15) is 0 Å². The van der Waals surface area contributed by atoms with E-state index in [0.717, 1.165) is 11.1 Å². The Kier molecular flexibility index (Phi) is 5.96. The van der Waals surface area contributed by atoms with Crippen LogP contribution in [0, 0.1) is 6.92 Å². The van der Waals surface area contributed by atoms with Gasteiger partial charge in [-0.1, -0.05) is 0 Å². The van der Waals surface area contributed by atoms with Crippen LogP contribution in [-0.4, -0.2) is 20.9 Å². The molecule has 0 bridgehead atoms. The molecule has 0 unspecified atom stereocenters. The number of nitrogens with zero attached hydrogens (tertiary/aromatic N) is 3. The Morgan fingerprint density at radius 3 is 2.64 bits per heavy atom. The summed E-state index contributed by atoms with van der Waals surface area (Å²) in [6.07, 6.45) is 6.52. The van der Waals surface area contributed by atoms with Gasteiger partial charge in [0, 0.05) is 46.9 Å². The maximum Gasteiger partial charge on any atom is 1.00 e. The van der Waals surface area contributed by atoms with E-state index >= 15 is 0 Å². The van der Waals surface area contributed by atoms with Gasteiger partial charge in [-0.15, -0.1) is 11.3 Å². The largest absolute Gasteiger partial charge is 1.00 e. The molecule has 0 amide bonds. The molecule has 0 spiro atoms. The fraction of sp³-hybridized carbons (Fsp3) is 0.0667. The minimum absolute atomic E-state index is 0. The minimum atomic E-state index is -1.25. The van der Waals surface area contributed by atoms with E-state index in [1.807, 2.05) is 13.0 Å². The number of thiazole rings is 1. The Morgan fingerprint density at radius 1 is 1.18 bits per heavy atom. The van der Waals surface area contributed by atoms with Crippen molar-refractivity contribution in [1.29, 1.82) is 0 Å². The number of carbonyl (C=O) groups is 1. The fourth-order valence-electron chi connectivity index (χ4n) is 2.00. The topological polar surface area (TPSA) is 78.8 Å². The molecule has 3 rings (SSSR count). The maximum atomic E-state index is 11.4. The molecule has 0 saturated heterocycles. The molecule has 3 aromatic heterocycles. The number of carbonyl (C=O) groups excluding carboxylic acids is 1. The molecule has 0 N–H and O–H groups in total. The van der Waals surface area contributed by atoms with Gasteiger partial charge >= 0.3 is 51.4 Å². The molecule has 7 heteroatoms. The molecule has 0 aliphatic carbocycles. The Bertz CT molecular complexity index is 806. The van der Waals surface area contributed by atoms with Crippen LogP contribution in [0.4, 0.5) is 0 Å². The first-order chi connectivity index (χ1) is 10.1. The number of hydrogen-bond acceptors (Lipinski definition) is 6. The SMILES string of the molecule is Cc1cncc(-c2cc(C(=O)[O-])c(-c3nccs3)cn2)c1.[K+]. The number of aromatic nitrogens is 3. The smallest absolute Gasteiger partial charge is 0.545 e. The number of rotatable bonds is 3. The van der Waals surface area contributed by atoms with Crippen molar-refractivity contribution in [3.8, 4) is 21.8 Å². The minimum Gasteiger partial charge on any atom is -0.545 e. The third kappa shape index (κ3) is 3.68. The number of carboxylic acids is 1. The Balaban J connectivity index is 0.00000176. The second-order valence-electron chi connectivity index (χ2n) is 4.49. The molecular weight excluding hydrogens is 325 g/mol. The van der Waals surface area contributed by atoms with Crippen molar-refractivity contribution >= 4 is 17.3 Å². The third-order valence-corrected chi connectivity index (χ3v) is 3.76. The summed E-state index contributed by atoms with van der Waals surface area (Å²) in [5.41, 5.74) is 2.84. The van der Waals surface area contributed by atoms with Gasteiger partial charge in [-0.3, -0.25) is 9.97 Å². The first kappa shape index (κ1) is 17.4. The van der Waals surface area contributed by atoms with Gasteiger partial charge in [-0.25, -0.2) is 4.98 Å². The summed E-state index contributed by atoms with van der Waals surface area (Å²) in [5.74, 6) is -1.25. The standard InChI is InChI=1S/C15H11N3O2S.K/c1-9-4-10(7-16-6-9)13-5-11(15(19)20)12(8-18-13)14-17-2-3-21-14;/h2-8H,1H3,(H,19,20);/q;+1/p-1.